The van der Waals surface area contributed by atoms with Crippen LogP contribution in [0.1, 0.15) is 156 Å². The van der Waals surface area contributed by atoms with Gasteiger partial charge in [-0.15, -0.1) is 0 Å². The molecule has 0 saturated heterocycles. The van der Waals surface area contributed by atoms with Crippen LogP contribution in [-0.4, -0.2) is 86.4 Å². The van der Waals surface area contributed by atoms with Gasteiger partial charge in [0.05, 0.1) is 65.2 Å². The molecule has 0 unspecified atom stereocenters. The molecule has 380 valence electrons. The lowest BCUT2D eigenvalue weighted by Gasteiger charge is -2.28. The van der Waals surface area contributed by atoms with Gasteiger partial charge in [-0.25, -0.2) is 0 Å². The average Bonchev–Trinajstić information content (AvgIpc) is 3.27. The van der Waals surface area contributed by atoms with Gasteiger partial charge in [-0.05, 0) is 101 Å². The largest absolute Gasteiger partial charge is 0.507 e. The molecule has 10 nitrogen and oxygen atoms in total. The van der Waals surface area contributed by atoms with Crippen LogP contribution < -0.4 is 9.47 Å². The van der Waals surface area contributed by atoms with Gasteiger partial charge in [-0.1, -0.05) is 138 Å². The number of benzene rings is 4. The number of aliphatic hydroxyl groups is 1. The van der Waals surface area contributed by atoms with E-state index in [0.29, 0.717) is 78.5 Å². The molecule has 8 bridgehead atoms. The SMILES string of the molecule is CC(C)(C)c1cc2c(O)c(c1)Cc1cc(C(C)(C)C)cc(c1OCc1ccccn1)Cc1cc(C(C)(C)C)cc(c1O)Cc1cc(C(C)(C)C)cc(c1OCCOCCOCCOCCOCCO)C2. The number of rotatable bonds is 18. The predicted molar refractivity (Wildman–Crippen MR) is 280 cm³/mol. The molecule has 1 heterocycles. The van der Waals surface area contributed by atoms with Crippen LogP contribution in [0.4, 0.5) is 0 Å². The van der Waals surface area contributed by atoms with Crippen LogP contribution in [0, 0.1) is 0 Å². The summed E-state index contributed by atoms with van der Waals surface area (Å²) in [5.74, 6) is 1.99. The predicted octanol–water partition coefficient (Wildman–Crippen LogP) is 11.4. The highest BCUT2D eigenvalue weighted by Gasteiger charge is 2.29. The maximum Gasteiger partial charge on any atom is 0.130 e. The molecule has 1 aliphatic rings. The number of phenolic OH excluding ortho intramolecular Hbond substituents is 2. The van der Waals surface area contributed by atoms with Gasteiger partial charge in [0.25, 0.3) is 0 Å². The Morgan fingerprint density at radius 1 is 0.414 bits per heavy atom. The molecule has 10 heteroatoms. The monoisotopic (exact) mass is 960 g/mol. The van der Waals surface area contributed by atoms with E-state index in [1.807, 2.05) is 18.2 Å². The van der Waals surface area contributed by atoms with Crippen molar-refractivity contribution >= 4 is 0 Å². The normalized spacial score (nSPS) is 13.4. The second-order valence-corrected chi connectivity index (χ2v) is 22.9. The van der Waals surface area contributed by atoms with E-state index >= 15 is 0 Å². The van der Waals surface area contributed by atoms with Gasteiger partial charge < -0.3 is 43.7 Å². The van der Waals surface area contributed by atoms with E-state index < -0.39 is 0 Å². The summed E-state index contributed by atoms with van der Waals surface area (Å²) < 4.78 is 36.3. The molecule has 0 fully saturated rings. The van der Waals surface area contributed by atoms with E-state index in [1.54, 1.807) is 6.20 Å². The van der Waals surface area contributed by atoms with Crippen LogP contribution in [-0.2, 0) is 72.9 Å². The smallest absolute Gasteiger partial charge is 0.130 e. The van der Waals surface area contributed by atoms with Crippen molar-refractivity contribution in [1.29, 1.82) is 0 Å². The van der Waals surface area contributed by atoms with Gasteiger partial charge in [-0.3, -0.25) is 4.98 Å². The standard InChI is InChI=1S/C60H81NO9/c1-57(2,3)48-31-40-27-44-35-50(59(7,8)9)36-45(55(44)69-26-25-68-24-23-67-22-21-66-20-19-65-18-17-62)28-41-32-49(58(4,5)6)34-43(54(41)64)30-47-38-51(60(10,11)12)37-46(29-42(33-48)53(40)63)56(47)70-39-52-15-13-14-16-61-52/h13-16,31-38,62-64H,17-30,39H2,1-12H3. The lowest BCUT2D eigenvalue weighted by atomic mass is 9.79. The summed E-state index contributed by atoms with van der Waals surface area (Å²) in [6.07, 6.45) is 3.44. The number of aromatic nitrogens is 1. The van der Waals surface area contributed by atoms with Gasteiger partial charge in [0, 0.05) is 31.9 Å². The van der Waals surface area contributed by atoms with Crippen molar-refractivity contribution in [1.82, 2.24) is 4.98 Å². The molecule has 0 aliphatic heterocycles. The first-order valence-corrected chi connectivity index (χ1v) is 25.1. The lowest BCUT2D eigenvalue weighted by Crippen LogP contribution is -2.17. The first kappa shape index (κ1) is 54.4. The second kappa shape index (κ2) is 23.5. The highest BCUT2D eigenvalue weighted by atomic mass is 16.6. The summed E-state index contributed by atoms with van der Waals surface area (Å²) >= 11 is 0. The van der Waals surface area contributed by atoms with Crippen molar-refractivity contribution in [3.63, 3.8) is 0 Å². The molecular formula is C60H81NO9. The van der Waals surface area contributed by atoms with E-state index in [-0.39, 0.29) is 53.0 Å². The number of aliphatic hydroxyl groups excluding tert-OH is 1. The number of ether oxygens (including phenoxy) is 6. The first-order valence-electron chi connectivity index (χ1n) is 25.1. The van der Waals surface area contributed by atoms with Gasteiger partial charge in [0.1, 0.15) is 36.2 Å². The topological polar surface area (TPSA) is 129 Å². The molecule has 5 aromatic rings. The number of phenols is 2. The fourth-order valence-electron chi connectivity index (χ4n) is 8.68. The summed E-state index contributed by atoms with van der Waals surface area (Å²) in [6, 6.07) is 23.5. The van der Waals surface area contributed by atoms with Crippen LogP contribution in [0.5, 0.6) is 23.0 Å². The number of aromatic hydroxyl groups is 2. The Hall–Kier alpha value is -4.97. The van der Waals surface area contributed by atoms with Gasteiger partial charge in [-0.2, -0.15) is 0 Å². The molecule has 3 N–H and O–H groups in total. The number of pyridine rings is 1. The fraction of sp³-hybridized carbons (Fsp3) is 0.517. The summed E-state index contributed by atoms with van der Waals surface area (Å²) in [4.78, 5) is 4.60. The van der Waals surface area contributed by atoms with Crippen LogP contribution >= 0.6 is 0 Å². The van der Waals surface area contributed by atoms with Crippen molar-refractivity contribution in [2.75, 3.05) is 66.1 Å². The molecular weight excluding hydrogens is 879 g/mol. The third-order valence-corrected chi connectivity index (χ3v) is 12.9. The molecule has 0 radical (unpaired) electrons. The van der Waals surface area contributed by atoms with Crippen LogP contribution in [0.15, 0.2) is 72.9 Å². The third-order valence-electron chi connectivity index (χ3n) is 12.9. The Bertz CT molecular complexity index is 2390. The Morgan fingerprint density at radius 3 is 1.04 bits per heavy atom. The molecule has 1 aromatic heterocycles. The molecule has 0 saturated carbocycles. The minimum atomic E-state index is -0.221. The van der Waals surface area contributed by atoms with E-state index in [9.17, 15) is 10.2 Å². The van der Waals surface area contributed by atoms with Gasteiger partial charge in [0.15, 0.2) is 0 Å². The molecule has 0 spiro atoms. The number of hydrogen-bond acceptors (Lipinski definition) is 10. The third kappa shape index (κ3) is 14.8. The highest BCUT2D eigenvalue weighted by Crippen LogP contribution is 2.44. The molecule has 1 aliphatic carbocycles. The first-order chi connectivity index (χ1) is 33.0. The summed E-state index contributed by atoms with van der Waals surface area (Å²) in [6.45, 7) is 30.4. The van der Waals surface area contributed by atoms with Crippen LogP contribution in [0.3, 0.4) is 0 Å². The fourth-order valence-corrected chi connectivity index (χ4v) is 8.68. The quantitative estimate of drug-likeness (QED) is 0.0716. The van der Waals surface area contributed by atoms with E-state index in [1.165, 1.54) is 0 Å². The summed E-state index contributed by atoms with van der Waals surface area (Å²) in [5, 5.41) is 34.1. The van der Waals surface area contributed by atoms with Crippen molar-refractivity contribution in [2.24, 2.45) is 0 Å². The molecule has 0 atom stereocenters. The maximum absolute atomic E-state index is 12.6. The van der Waals surface area contributed by atoms with Gasteiger partial charge in [0.2, 0.25) is 0 Å². The summed E-state index contributed by atoms with van der Waals surface area (Å²) in [5.41, 5.74) is 11.6. The number of nitrogens with zero attached hydrogens (tertiary/aromatic N) is 1. The van der Waals surface area contributed by atoms with Gasteiger partial charge >= 0.3 is 0 Å². The molecule has 0 amide bonds. The van der Waals surface area contributed by atoms with Crippen LogP contribution in [0.2, 0.25) is 0 Å². The average molecular weight is 960 g/mol. The van der Waals surface area contributed by atoms with Crippen molar-refractivity contribution < 1.29 is 43.7 Å². The minimum Gasteiger partial charge on any atom is -0.507 e. The van der Waals surface area contributed by atoms with E-state index in [0.717, 1.165) is 84.0 Å². The Labute approximate surface area is 418 Å². The Balaban J connectivity index is 1.47. The van der Waals surface area contributed by atoms with E-state index in [4.69, 9.17) is 33.5 Å². The Morgan fingerprint density at radius 2 is 0.729 bits per heavy atom. The minimum absolute atomic E-state index is 0.00359. The second-order valence-electron chi connectivity index (χ2n) is 22.9. The zero-order valence-electron chi connectivity index (χ0n) is 44.3. The van der Waals surface area contributed by atoms with Crippen molar-refractivity contribution in [2.45, 2.75) is 137 Å². The molecule has 4 aromatic carbocycles. The zero-order chi connectivity index (χ0) is 50.9. The highest BCUT2D eigenvalue weighted by molar-refractivity contribution is 5.59. The number of hydrogen-bond donors (Lipinski definition) is 3. The van der Waals surface area contributed by atoms with Crippen molar-refractivity contribution in [3.05, 3.63) is 145 Å². The maximum atomic E-state index is 12.6. The zero-order valence-corrected chi connectivity index (χ0v) is 44.3. The number of fused-ring (bicyclic) bond motifs is 8. The lowest BCUT2D eigenvalue weighted by molar-refractivity contribution is -0.00783. The van der Waals surface area contributed by atoms with E-state index in [2.05, 4.69) is 137 Å². The van der Waals surface area contributed by atoms with Crippen molar-refractivity contribution in [3.8, 4) is 23.0 Å². The Kier molecular flexibility index (Phi) is 18.3. The van der Waals surface area contributed by atoms with Crippen LogP contribution in [0.25, 0.3) is 0 Å². The molecule has 70 heavy (non-hydrogen) atoms. The summed E-state index contributed by atoms with van der Waals surface area (Å²) in [7, 11) is 0. The molecule has 6 rings (SSSR count).